The van der Waals surface area contributed by atoms with Gasteiger partial charge < -0.3 is 5.32 Å². The fraction of sp³-hybridized carbons (Fsp3) is 0.500. The maximum Gasteiger partial charge on any atom is 0.0342 e. The molecular formula is C14H22N2. The number of hydrogen-bond acceptors (Lipinski definition) is 2. The van der Waals surface area contributed by atoms with Crippen molar-refractivity contribution in [3.8, 4) is 0 Å². The lowest BCUT2D eigenvalue weighted by Gasteiger charge is -2.20. The molecular weight excluding hydrogens is 196 g/mol. The molecule has 0 amide bonds. The second-order valence-electron chi connectivity index (χ2n) is 5.33. The molecule has 1 heterocycles. The number of hydrogen-bond donors (Lipinski definition) is 1. The Labute approximate surface area is 98.8 Å². The molecule has 0 fully saturated rings. The van der Waals surface area contributed by atoms with Crippen LogP contribution in [0.3, 0.4) is 0 Å². The van der Waals surface area contributed by atoms with E-state index in [1.54, 1.807) is 0 Å². The van der Waals surface area contributed by atoms with E-state index in [2.05, 4.69) is 51.0 Å². The van der Waals surface area contributed by atoms with Gasteiger partial charge in [-0.3, -0.25) is 4.98 Å². The van der Waals surface area contributed by atoms with Gasteiger partial charge in [-0.2, -0.15) is 0 Å². The Hall–Kier alpha value is -1.15. The van der Waals surface area contributed by atoms with E-state index in [-0.39, 0.29) is 5.54 Å². The first-order valence-corrected chi connectivity index (χ1v) is 5.71. The fourth-order valence-corrected chi connectivity index (χ4v) is 1.35. The molecule has 1 aromatic rings. The van der Waals surface area contributed by atoms with Crippen LogP contribution >= 0.6 is 0 Å². The lowest BCUT2D eigenvalue weighted by atomic mass is 10.1. The average Bonchev–Trinajstić information content (AvgIpc) is 2.18. The van der Waals surface area contributed by atoms with Crippen molar-refractivity contribution in [2.45, 2.75) is 40.2 Å². The molecule has 0 spiro atoms. The summed E-state index contributed by atoms with van der Waals surface area (Å²) in [6.07, 6.45) is 5.94. The van der Waals surface area contributed by atoms with E-state index >= 15 is 0 Å². The largest absolute Gasteiger partial charge is 0.308 e. The molecule has 0 saturated heterocycles. The van der Waals surface area contributed by atoms with Gasteiger partial charge in [0.2, 0.25) is 0 Å². The van der Waals surface area contributed by atoms with Crippen molar-refractivity contribution >= 4 is 6.08 Å². The Kier molecular flexibility index (Phi) is 4.25. The number of aryl methyl sites for hydroxylation is 1. The molecule has 88 valence electrons. The molecule has 2 nitrogen and oxygen atoms in total. The van der Waals surface area contributed by atoms with Crippen LogP contribution in [0.2, 0.25) is 0 Å². The standard InChI is InChI=1S/C14H22N2/c1-11(9-16-14(3,4)5)8-13-10-15-7-6-12(13)2/h6-8,10,16H,9H2,1-5H3/b11-8-. The van der Waals surface area contributed by atoms with Crippen molar-refractivity contribution in [1.82, 2.24) is 10.3 Å². The highest BCUT2D eigenvalue weighted by Gasteiger charge is 2.07. The molecule has 1 aromatic heterocycles. The number of nitrogens with one attached hydrogen (secondary N) is 1. The van der Waals surface area contributed by atoms with Crippen molar-refractivity contribution in [3.05, 3.63) is 35.2 Å². The molecule has 0 atom stereocenters. The zero-order valence-electron chi connectivity index (χ0n) is 11.0. The molecule has 0 aliphatic rings. The summed E-state index contributed by atoms with van der Waals surface area (Å²) in [6, 6.07) is 2.04. The van der Waals surface area contributed by atoms with Crippen molar-refractivity contribution in [2.24, 2.45) is 0 Å². The summed E-state index contributed by atoms with van der Waals surface area (Å²) in [4.78, 5) is 4.14. The van der Waals surface area contributed by atoms with Gasteiger partial charge in [0.15, 0.2) is 0 Å². The number of aromatic nitrogens is 1. The van der Waals surface area contributed by atoms with Gasteiger partial charge in [0, 0.05) is 24.5 Å². The Bertz CT molecular complexity index is 373. The van der Waals surface area contributed by atoms with Crippen LogP contribution in [0.1, 0.15) is 38.8 Å². The SMILES string of the molecule is C/C(=C/c1cnccc1C)CNC(C)(C)C. The molecule has 0 unspecified atom stereocenters. The van der Waals surface area contributed by atoms with Crippen molar-refractivity contribution in [1.29, 1.82) is 0 Å². The van der Waals surface area contributed by atoms with E-state index in [0.29, 0.717) is 0 Å². The minimum absolute atomic E-state index is 0.166. The van der Waals surface area contributed by atoms with Gasteiger partial charge in [0.1, 0.15) is 0 Å². The van der Waals surface area contributed by atoms with Crippen LogP contribution in [0.5, 0.6) is 0 Å². The topological polar surface area (TPSA) is 24.9 Å². The van der Waals surface area contributed by atoms with Crippen LogP contribution in [-0.2, 0) is 0 Å². The highest BCUT2D eigenvalue weighted by atomic mass is 14.9. The first-order chi connectivity index (χ1) is 7.38. The Morgan fingerprint density at radius 2 is 2.12 bits per heavy atom. The monoisotopic (exact) mass is 218 g/mol. The van der Waals surface area contributed by atoms with Crippen LogP contribution in [0.4, 0.5) is 0 Å². The van der Waals surface area contributed by atoms with E-state index in [9.17, 15) is 0 Å². The normalized spacial score (nSPS) is 12.9. The number of pyridine rings is 1. The molecule has 0 radical (unpaired) electrons. The lowest BCUT2D eigenvalue weighted by Crippen LogP contribution is -2.36. The average molecular weight is 218 g/mol. The summed E-state index contributed by atoms with van der Waals surface area (Å²) in [6.45, 7) is 11.7. The maximum atomic E-state index is 4.14. The number of rotatable bonds is 3. The van der Waals surface area contributed by atoms with E-state index in [1.807, 2.05) is 18.5 Å². The quantitative estimate of drug-likeness (QED) is 0.843. The summed E-state index contributed by atoms with van der Waals surface area (Å²) in [5, 5.41) is 3.47. The molecule has 0 bridgehead atoms. The van der Waals surface area contributed by atoms with Gasteiger partial charge >= 0.3 is 0 Å². The first kappa shape index (κ1) is 12.9. The molecule has 16 heavy (non-hydrogen) atoms. The molecule has 1 rings (SSSR count). The van der Waals surface area contributed by atoms with E-state index in [4.69, 9.17) is 0 Å². The predicted octanol–water partition coefficient (Wildman–Crippen LogP) is 3.18. The van der Waals surface area contributed by atoms with Crippen molar-refractivity contribution < 1.29 is 0 Å². The highest BCUT2D eigenvalue weighted by Crippen LogP contribution is 2.10. The van der Waals surface area contributed by atoms with Gasteiger partial charge in [-0.25, -0.2) is 0 Å². The van der Waals surface area contributed by atoms with Gasteiger partial charge in [-0.1, -0.05) is 11.6 Å². The second kappa shape index (κ2) is 5.26. The summed E-state index contributed by atoms with van der Waals surface area (Å²) in [5.41, 5.74) is 3.96. The zero-order valence-corrected chi connectivity index (χ0v) is 11.0. The smallest absolute Gasteiger partial charge is 0.0342 e. The summed E-state index contributed by atoms with van der Waals surface area (Å²) in [5.74, 6) is 0. The van der Waals surface area contributed by atoms with Crippen molar-refractivity contribution in [2.75, 3.05) is 6.54 Å². The van der Waals surface area contributed by atoms with Gasteiger partial charge in [-0.05, 0) is 51.8 Å². The van der Waals surface area contributed by atoms with E-state index in [1.165, 1.54) is 16.7 Å². The zero-order chi connectivity index (χ0) is 12.2. The third-order valence-corrected chi connectivity index (χ3v) is 2.38. The van der Waals surface area contributed by atoms with Gasteiger partial charge in [-0.15, -0.1) is 0 Å². The minimum Gasteiger partial charge on any atom is -0.308 e. The molecule has 1 N–H and O–H groups in total. The number of nitrogens with zero attached hydrogens (tertiary/aromatic N) is 1. The van der Waals surface area contributed by atoms with E-state index in [0.717, 1.165) is 6.54 Å². The second-order valence-corrected chi connectivity index (χ2v) is 5.33. The predicted molar refractivity (Wildman–Crippen MR) is 70.4 cm³/mol. The van der Waals surface area contributed by atoms with Crippen LogP contribution in [0.15, 0.2) is 24.0 Å². The van der Waals surface area contributed by atoms with Crippen LogP contribution in [0.25, 0.3) is 6.08 Å². The Balaban J connectivity index is 2.67. The first-order valence-electron chi connectivity index (χ1n) is 5.71. The van der Waals surface area contributed by atoms with Crippen LogP contribution in [0, 0.1) is 6.92 Å². The molecule has 2 heteroatoms. The Morgan fingerprint density at radius 1 is 1.44 bits per heavy atom. The minimum atomic E-state index is 0.166. The van der Waals surface area contributed by atoms with Crippen LogP contribution < -0.4 is 5.32 Å². The molecule has 0 saturated carbocycles. The summed E-state index contributed by atoms with van der Waals surface area (Å²) in [7, 11) is 0. The van der Waals surface area contributed by atoms with Crippen LogP contribution in [-0.4, -0.2) is 17.1 Å². The third-order valence-electron chi connectivity index (χ3n) is 2.38. The molecule has 0 aliphatic heterocycles. The van der Waals surface area contributed by atoms with Crippen molar-refractivity contribution in [3.63, 3.8) is 0 Å². The summed E-state index contributed by atoms with van der Waals surface area (Å²) < 4.78 is 0. The lowest BCUT2D eigenvalue weighted by molar-refractivity contribution is 0.445. The summed E-state index contributed by atoms with van der Waals surface area (Å²) >= 11 is 0. The maximum absolute atomic E-state index is 4.14. The third kappa shape index (κ3) is 4.58. The van der Waals surface area contributed by atoms with E-state index < -0.39 is 0 Å². The van der Waals surface area contributed by atoms with Gasteiger partial charge in [0.25, 0.3) is 0 Å². The molecule has 0 aliphatic carbocycles. The highest BCUT2D eigenvalue weighted by molar-refractivity contribution is 5.55. The Morgan fingerprint density at radius 3 is 2.69 bits per heavy atom. The molecule has 0 aromatic carbocycles. The van der Waals surface area contributed by atoms with Gasteiger partial charge in [0.05, 0.1) is 0 Å². The fourth-order valence-electron chi connectivity index (χ4n) is 1.35.